The molecule has 19 heavy (non-hydrogen) atoms. The summed E-state index contributed by atoms with van der Waals surface area (Å²) in [6.45, 7) is 9.48. The van der Waals surface area contributed by atoms with Crippen LogP contribution in [0.5, 0.6) is 0 Å². The zero-order valence-electron chi connectivity index (χ0n) is 12.5. The molecule has 108 valence electrons. The molecule has 0 spiro atoms. The van der Waals surface area contributed by atoms with Crippen molar-refractivity contribution >= 4 is 0 Å². The molecule has 1 atom stereocenters. The highest BCUT2D eigenvalue weighted by Crippen LogP contribution is 2.25. The molecular weight excluding hydrogens is 238 g/mol. The van der Waals surface area contributed by atoms with Crippen LogP contribution < -0.4 is 0 Å². The topological polar surface area (TPSA) is 30.3 Å². The monoisotopic (exact) mass is 265 g/mol. The molecule has 1 aliphatic heterocycles. The number of rotatable bonds is 6. The summed E-state index contributed by atoms with van der Waals surface area (Å²) in [5.74, 6) is 2.44. The predicted molar refractivity (Wildman–Crippen MR) is 77.3 cm³/mol. The van der Waals surface area contributed by atoms with Gasteiger partial charge in [-0.2, -0.15) is 0 Å². The van der Waals surface area contributed by atoms with Crippen molar-refractivity contribution < 1.29 is 4.74 Å². The number of piperidine rings is 1. The van der Waals surface area contributed by atoms with Gasteiger partial charge in [-0.05, 0) is 25.3 Å². The summed E-state index contributed by atoms with van der Waals surface area (Å²) in [4.78, 5) is 7.02. The molecule has 1 fully saturated rings. The van der Waals surface area contributed by atoms with Crippen LogP contribution in [0.25, 0.3) is 0 Å². The summed E-state index contributed by atoms with van der Waals surface area (Å²) in [5.41, 5.74) is 0. The maximum atomic E-state index is 5.68. The van der Waals surface area contributed by atoms with Crippen LogP contribution >= 0.6 is 0 Å². The lowest BCUT2D eigenvalue weighted by atomic mass is 9.97. The fourth-order valence-corrected chi connectivity index (χ4v) is 2.75. The van der Waals surface area contributed by atoms with Crippen LogP contribution in [0.1, 0.15) is 38.4 Å². The molecule has 0 N–H and O–H groups in total. The van der Waals surface area contributed by atoms with E-state index in [4.69, 9.17) is 4.74 Å². The third-order valence-electron chi connectivity index (χ3n) is 3.73. The number of hydrogen-bond acceptors (Lipinski definition) is 3. The van der Waals surface area contributed by atoms with E-state index in [1.54, 1.807) is 0 Å². The van der Waals surface area contributed by atoms with Crippen LogP contribution in [0.2, 0.25) is 0 Å². The quantitative estimate of drug-likeness (QED) is 0.739. The first-order chi connectivity index (χ1) is 9.16. The zero-order valence-corrected chi connectivity index (χ0v) is 12.5. The lowest BCUT2D eigenvalue weighted by Gasteiger charge is -2.32. The molecule has 0 saturated carbocycles. The van der Waals surface area contributed by atoms with Gasteiger partial charge in [0.15, 0.2) is 0 Å². The van der Waals surface area contributed by atoms with Gasteiger partial charge in [-0.15, -0.1) is 0 Å². The molecule has 0 aromatic carbocycles. The summed E-state index contributed by atoms with van der Waals surface area (Å²) >= 11 is 0. The molecule has 0 unspecified atom stereocenters. The molecular formula is C15H27N3O. The molecule has 1 aliphatic rings. The number of hydrogen-bond donors (Lipinski definition) is 0. The first-order valence-electron chi connectivity index (χ1n) is 7.44. The Balaban J connectivity index is 1.76. The van der Waals surface area contributed by atoms with E-state index in [-0.39, 0.29) is 0 Å². The summed E-state index contributed by atoms with van der Waals surface area (Å²) in [5, 5.41) is 0. The van der Waals surface area contributed by atoms with Gasteiger partial charge in [0.05, 0.1) is 6.61 Å². The minimum absolute atomic E-state index is 0.582. The van der Waals surface area contributed by atoms with Crippen molar-refractivity contribution in [2.75, 3.05) is 32.8 Å². The maximum Gasteiger partial charge on any atom is 0.112 e. The largest absolute Gasteiger partial charge is 0.380 e. The van der Waals surface area contributed by atoms with Gasteiger partial charge in [0.1, 0.15) is 5.82 Å². The van der Waals surface area contributed by atoms with Gasteiger partial charge < -0.3 is 14.2 Å². The SMILES string of the molecule is CC(C)COCCN1CCC[C@H](c2nccn2C)C1. The van der Waals surface area contributed by atoms with Gasteiger partial charge in [-0.1, -0.05) is 13.8 Å². The summed E-state index contributed by atoms with van der Waals surface area (Å²) in [7, 11) is 2.09. The number of likely N-dealkylation sites (tertiary alicyclic amines) is 1. The fraction of sp³-hybridized carbons (Fsp3) is 0.800. The van der Waals surface area contributed by atoms with Crippen molar-refractivity contribution in [3.63, 3.8) is 0 Å². The highest BCUT2D eigenvalue weighted by Gasteiger charge is 2.23. The van der Waals surface area contributed by atoms with Crippen molar-refractivity contribution in [2.24, 2.45) is 13.0 Å². The second kappa shape index (κ2) is 7.06. The van der Waals surface area contributed by atoms with Crippen LogP contribution in [-0.4, -0.2) is 47.3 Å². The van der Waals surface area contributed by atoms with E-state index >= 15 is 0 Å². The molecule has 1 saturated heterocycles. The summed E-state index contributed by atoms with van der Waals surface area (Å²) in [6.07, 6.45) is 6.47. The summed E-state index contributed by atoms with van der Waals surface area (Å²) < 4.78 is 7.84. The number of aryl methyl sites for hydroxylation is 1. The average Bonchev–Trinajstić information content (AvgIpc) is 2.81. The van der Waals surface area contributed by atoms with E-state index in [9.17, 15) is 0 Å². The Labute approximate surface area is 116 Å². The van der Waals surface area contributed by atoms with Gasteiger partial charge in [-0.3, -0.25) is 0 Å². The number of nitrogens with zero attached hydrogens (tertiary/aromatic N) is 3. The van der Waals surface area contributed by atoms with E-state index in [1.165, 1.54) is 25.2 Å². The molecule has 2 rings (SSSR count). The minimum Gasteiger partial charge on any atom is -0.380 e. The normalized spacial score (nSPS) is 21.2. The molecule has 0 aliphatic carbocycles. The molecule has 4 heteroatoms. The van der Waals surface area contributed by atoms with E-state index in [1.807, 2.05) is 12.4 Å². The van der Waals surface area contributed by atoms with Crippen LogP contribution in [0.4, 0.5) is 0 Å². The molecule has 4 nitrogen and oxygen atoms in total. The molecule has 0 amide bonds. The predicted octanol–water partition coefficient (Wildman–Crippen LogP) is 2.27. The van der Waals surface area contributed by atoms with Crippen molar-refractivity contribution in [1.82, 2.24) is 14.5 Å². The van der Waals surface area contributed by atoms with Gasteiger partial charge >= 0.3 is 0 Å². The Morgan fingerprint density at radius 1 is 1.47 bits per heavy atom. The van der Waals surface area contributed by atoms with Gasteiger partial charge in [0.2, 0.25) is 0 Å². The molecule has 0 bridgehead atoms. The summed E-state index contributed by atoms with van der Waals surface area (Å²) in [6, 6.07) is 0. The molecule has 1 aromatic heterocycles. The second-order valence-corrected chi connectivity index (χ2v) is 6.00. The van der Waals surface area contributed by atoms with Crippen molar-refractivity contribution in [2.45, 2.75) is 32.6 Å². The van der Waals surface area contributed by atoms with E-state index in [0.29, 0.717) is 11.8 Å². The lowest BCUT2D eigenvalue weighted by Crippen LogP contribution is -2.37. The van der Waals surface area contributed by atoms with Crippen molar-refractivity contribution in [1.29, 1.82) is 0 Å². The Kier molecular flexibility index (Phi) is 5.40. The van der Waals surface area contributed by atoms with Crippen LogP contribution in [0.3, 0.4) is 0 Å². The Morgan fingerprint density at radius 2 is 2.32 bits per heavy atom. The lowest BCUT2D eigenvalue weighted by molar-refractivity contribution is 0.0764. The third kappa shape index (κ3) is 4.32. The van der Waals surface area contributed by atoms with E-state index in [2.05, 4.69) is 35.3 Å². The third-order valence-corrected chi connectivity index (χ3v) is 3.73. The Hall–Kier alpha value is -0.870. The molecule has 0 radical (unpaired) electrons. The highest BCUT2D eigenvalue weighted by atomic mass is 16.5. The van der Waals surface area contributed by atoms with E-state index < -0.39 is 0 Å². The maximum absolute atomic E-state index is 5.68. The van der Waals surface area contributed by atoms with Crippen molar-refractivity contribution in [3.05, 3.63) is 18.2 Å². The van der Waals surface area contributed by atoms with Crippen LogP contribution in [0, 0.1) is 5.92 Å². The molecule has 1 aromatic rings. The average molecular weight is 265 g/mol. The smallest absolute Gasteiger partial charge is 0.112 e. The van der Waals surface area contributed by atoms with Gasteiger partial charge in [0.25, 0.3) is 0 Å². The van der Waals surface area contributed by atoms with Gasteiger partial charge in [0, 0.05) is 45.1 Å². The van der Waals surface area contributed by atoms with Crippen LogP contribution in [-0.2, 0) is 11.8 Å². The number of aromatic nitrogens is 2. The van der Waals surface area contributed by atoms with Crippen molar-refractivity contribution in [3.8, 4) is 0 Å². The number of ether oxygens (including phenoxy) is 1. The standard InChI is InChI=1S/C15H27N3O/c1-13(2)12-19-10-9-18-7-4-5-14(11-18)15-16-6-8-17(15)3/h6,8,13-14H,4-5,7,9-12H2,1-3H3/t14-/m0/s1. The second-order valence-electron chi connectivity index (χ2n) is 6.00. The van der Waals surface area contributed by atoms with Crippen LogP contribution in [0.15, 0.2) is 12.4 Å². The first kappa shape index (κ1) is 14.5. The number of imidazole rings is 1. The molecule has 2 heterocycles. The Bertz CT molecular complexity index is 375. The first-order valence-corrected chi connectivity index (χ1v) is 7.44. The minimum atomic E-state index is 0.582. The Morgan fingerprint density at radius 3 is 3.00 bits per heavy atom. The van der Waals surface area contributed by atoms with Gasteiger partial charge in [-0.25, -0.2) is 4.98 Å². The fourth-order valence-electron chi connectivity index (χ4n) is 2.75. The van der Waals surface area contributed by atoms with E-state index in [0.717, 1.165) is 26.3 Å². The zero-order chi connectivity index (χ0) is 13.7. The highest BCUT2D eigenvalue weighted by molar-refractivity contribution is 5.02.